The van der Waals surface area contributed by atoms with E-state index in [1.807, 2.05) is 20.8 Å². The monoisotopic (exact) mass is 263 g/mol. The van der Waals surface area contributed by atoms with Crippen LogP contribution >= 0.6 is 0 Å². The molecule has 0 fully saturated rings. The fraction of sp³-hybridized carbons (Fsp3) is 0.538. The van der Waals surface area contributed by atoms with Crippen LogP contribution in [0.15, 0.2) is 18.2 Å². The molecule has 0 aliphatic heterocycles. The molecule has 0 spiro atoms. The van der Waals surface area contributed by atoms with Gasteiger partial charge < -0.3 is 5.32 Å². The first kappa shape index (κ1) is 14.8. The normalized spacial score (nSPS) is 13.8. The third kappa shape index (κ3) is 3.89. The summed E-state index contributed by atoms with van der Waals surface area (Å²) in [5, 5.41) is 2.83. The average Bonchev–Trinajstić information content (AvgIpc) is 2.25. The van der Waals surface area contributed by atoms with Gasteiger partial charge in [-0.1, -0.05) is 20.8 Å². The molecule has 1 aromatic rings. The van der Waals surface area contributed by atoms with Gasteiger partial charge in [0.15, 0.2) is 0 Å². The minimum atomic E-state index is -4.51. The van der Waals surface area contributed by atoms with Crippen LogP contribution in [0.25, 0.3) is 0 Å². The Balaban J connectivity index is 2.75. The summed E-state index contributed by atoms with van der Waals surface area (Å²) in [6.07, 6.45) is -4.51. The minimum Gasteiger partial charge on any atom is -0.382 e. The SMILES string of the molecule is CC(C)C(C)CNc1ccc(C(F)(F)F)cc1F. The van der Waals surface area contributed by atoms with Crippen molar-refractivity contribution in [2.75, 3.05) is 11.9 Å². The molecule has 1 aromatic carbocycles. The molecule has 1 N–H and O–H groups in total. The van der Waals surface area contributed by atoms with Gasteiger partial charge in [0, 0.05) is 6.54 Å². The van der Waals surface area contributed by atoms with Crippen molar-refractivity contribution in [2.24, 2.45) is 11.8 Å². The number of benzene rings is 1. The molecule has 0 aliphatic rings. The van der Waals surface area contributed by atoms with E-state index in [9.17, 15) is 17.6 Å². The van der Waals surface area contributed by atoms with Crippen LogP contribution in [0.2, 0.25) is 0 Å². The lowest BCUT2D eigenvalue weighted by atomic mass is 9.98. The highest BCUT2D eigenvalue weighted by Gasteiger charge is 2.31. The molecule has 102 valence electrons. The molecule has 1 rings (SSSR count). The topological polar surface area (TPSA) is 12.0 Å². The highest BCUT2D eigenvalue weighted by atomic mass is 19.4. The van der Waals surface area contributed by atoms with E-state index in [2.05, 4.69) is 5.32 Å². The van der Waals surface area contributed by atoms with Crippen LogP contribution in [0, 0.1) is 17.7 Å². The maximum atomic E-state index is 13.5. The maximum Gasteiger partial charge on any atom is 0.416 e. The molecule has 0 saturated heterocycles. The standard InChI is InChI=1S/C13H17F4N/c1-8(2)9(3)7-18-12-5-4-10(6-11(12)14)13(15,16)17/h4-6,8-9,18H,7H2,1-3H3. The predicted molar refractivity (Wildman–Crippen MR) is 63.9 cm³/mol. The number of anilines is 1. The number of nitrogens with one attached hydrogen (secondary N) is 1. The second-order valence-electron chi connectivity index (χ2n) is 4.79. The van der Waals surface area contributed by atoms with Crippen molar-refractivity contribution in [3.05, 3.63) is 29.6 Å². The van der Waals surface area contributed by atoms with Crippen molar-refractivity contribution >= 4 is 5.69 Å². The van der Waals surface area contributed by atoms with Gasteiger partial charge in [-0.15, -0.1) is 0 Å². The predicted octanol–water partition coefficient (Wildman–Crippen LogP) is 4.55. The summed E-state index contributed by atoms with van der Waals surface area (Å²) in [6.45, 7) is 6.60. The van der Waals surface area contributed by atoms with Gasteiger partial charge in [0.1, 0.15) is 5.82 Å². The van der Waals surface area contributed by atoms with Gasteiger partial charge in [0.2, 0.25) is 0 Å². The summed E-state index contributed by atoms with van der Waals surface area (Å²) < 4.78 is 50.5. The molecule has 1 nitrogen and oxygen atoms in total. The fourth-order valence-corrected chi connectivity index (χ4v) is 1.34. The van der Waals surface area contributed by atoms with Crippen LogP contribution in [0.1, 0.15) is 26.3 Å². The lowest BCUT2D eigenvalue weighted by Gasteiger charge is -2.17. The van der Waals surface area contributed by atoms with E-state index in [1.54, 1.807) is 0 Å². The van der Waals surface area contributed by atoms with E-state index in [0.717, 1.165) is 12.1 Å². The van der Waals surface area contributed by atoms with Gasteiger partial charge in [-0.25, -0.2) is 4.39 Å². The summed E-state index contributed by atoms with van der Waals surface area (Å²) in [5.41, 5.74) is -0.863. The van der Waals surface area contributed by atoms with Gasteiger partial charge >= 0.3 is 6.18 Å². The molecular formula is C13H17F4N. The molecule has 0 saturated carbocycles. The third-order valence-corrected chi connectivity index (χ3v) is 3.05. The van der Waals surface area contributed by atoms with Crippen molar-refractivity contribution < 1.29 is 17.6 Å². The van der Waals surface area contributed by atoms with E-state index in [4.69, 9.17) is 0 Å². The van der Waals surface area contributed by atoms with E-state index in [0.29, 0.717) is 24.4 Å². The zero-order chi connectivity index (χ0) is 13.9. The van der Waals surface area contributed by atoms with Gasteiger partial charge in [0.25, 0.3) is 0 Å². The lowest BCUT2D eigenvalue weighted by molar-refractivity contribution is -0.137. The molecular weight excluding hydrogens is 246 g/mol. The molecule has 0 aliphatic carbocycles. The zero-order valence-corrected chi connectivity index (χ0v) is 10.6. The smallest absolute Gasteiger partial charge is 0.382 e. The van der Waals surface area contributed by atoms with Gasteiger partial charge in [0.05, 0.1) is 11.3 Å². The number of halogens is 4. The molecule has 1 unspecified atom stereocenters. The first-order valence-corrected chi connectivity index (χ1v) is 5.82. The molecule has 0 amide bonds. The van der Waals surface area contributed by atoms with E-state index in [-0.39, 0.29) is 5.69 Å². The van der Waals surface area contributed by atoms with E-state index in [1.165, 1.54) is 0 Å². The van der Waals surface area contributed by atoms with Crippen molar-refractivity contribution in [1.29, 1.82) is 0 Å². The zero-order valence-electron chi connectivity index (χ0n) is 10.6. The summed E-state index contributed by atoms with van der Waals surface area (Å²) in [5.74, 6) is -0.137. The van der Waals surface area contributed by atoms with Crippen molar-refractivity contribution in [3.8, 4) is 0 Å². The summed E-state index contributed by atoms with van der Waals surface area (Å²) >= 11 is 0. The maximum absolute atomic E-state index is 13.5. The van der Waals surface area contributed by atoms with Gasteiger partial charge in [-0.05, 0) is 30.0 Å². The van der Waals surface area contributed by atoms with Crippen molar-refractivity contribution in [2.45, 2.75) is 26.9 Å². The Morgan fingerprint density at radius 1 is 1.17 bits per heavy atom. The molecule has 0 bridgehead atoms. The highest BCUT2D eigenvalue weighted by Crippen LogP contribution is 2.31. The molecule has 18 heavy (non-hydrogen) atoms. The average molecular weight is 263 g/mol. The van der Waals surface area contributed by atoms with Gasteiger partial charge in [-0.2, -0.15) is 13.2 Å². The Bertz CT molecular complexity index is 398. The second-order valence-corrected chi connectivity index (χ2v) is 4.79. The lowest BCUT2D eigenvalue weighted by Crippen LogP contribution is -2.17. The Labute approximate surface area is 104 Å². The van der Waals surface area contributed by atoms with Crippen LogP contribution in [-0.2, 0) is 6.18 Å². The largest absolute Gasteiger partial charge is 0.416 e. The van der Waals surface area contributed by atoms with Crippen molar-refractivity contribution in [3.63, 3.8) is 0 Å². The first-order valence-electron chi connectivity index (χ1n) is 5.82. The van der Waals surface area contributed by atoms with Gasteiger partial charge in [-0.3, -0.25) is 0 Å². The van der Waals surface area contributed by atoms with Crippen molar-refractivity contribution in [1.82, 2.24) is 0 Å². The Morgan fingerprint density at radius 3 is 2.22 bits per heavy atom. The fourth-order valence-electron chi connectivity index (χ4n) is 1.34. The van der Waals surface area contributed by atoms with Crippen LogP contribution in [0.5, 0.6) is 0 Å². The Hall–Kier alpha value is -1.26. The summed E-state index contributed by atoms with van der Waals surface area (Å²) in [7, 11) is 0. The molecule has 5 heteroatoms. The molecule has 1 atom stereocenters. The Kier molecular flexibility index (Phi) is 4.59. The molecule has 0 radical (unpaired) electrons. The summed E-state index contributed by atoms with van der Waals surface area (Å²) in [4.78, 5) is 0. The third-order valence-electron chi connectivity index (χ3n) is 3.05. The van der Waals surface area contributed by atoms with Crippen LogP contribution in [0.4, 0.5) is 23.2 Å². The Morgan fingerprint density at radius 2 is 1.78 bits per heavy atom. The number of alkyl halides is 3. The molecule has 0 heterocycles. The second kappa shape index (κ2) is 5.59. The number of rotatable bonds is 4. The number of hydrogen-bond acceptors (Lipinski definition) is 1. The molecule has 0 aromatic heterocycles. The van der Waals surface area contributed by atoms with Crippen LogP contribution < -0.4 is 5.32 Å². The van der Waals surface area contributed by atoms with Crippen LogP contribution in [0.3, 0.4) is 0 Å². The first-order chi connectivity index (χ1) is 8.21. The summed E-state index contributed by atoms with van der Waals surface area (Å²) in [6, 6.07) is 2.53. The number of hydrogen-bond donors (Lipinski definition) is 1. The highest BCUT2D eigenvalue weighted by molar-refractivity contribution is 5.46. The van der Waals surface area contributed by atoms with E-state index < -0.39 is 17.6 Å². The quantitative estimate of drug-likeness (QED) is 0.786. The minimum absolute atomic E-state index is 0.107. The van der Waals surface area contributed by atoms with E-state index >= 15 is 0 Å². The van der Waals surface area contributed by atoms with Crippen LogP contribution in [-0.4, -0.2) is 6.54 Å².